The first-order valence-corrected chi connectivity index (χ1v) is 9.22. The maximum Gasteiger partial charge on any atom is 0.199 e. The molecule has 0 saturated carbocycles. The average Bonchev–Trinajstić information content (AvgIpc) is 2.91. The molecule has 0 aliphatic carbocycles. The van der Waals surface area contributed by atoms with E-state index in [0.29, 0.717) is 12.1 Å². The minimum atomic E-state index is -0.246. The summed E-state index contributed by atoms with van der Waals surface area (Å²) in [6.07, 6.45) is 11.9. The van der Waals surface area contributed by atoms with Crippen molar-refractivity contribution < 1.29 is 9.47 Å². The van der Waals surface area contributed by atoms with E-state index in [0.717, 1.165) is 44.9 Å². The fourth-order valence-electron chi connectivity index (χ4n) is 5.30. The molecule has 5 rings (SSSR count). The lowest BCUT2D eigenvalue weighted by Gasteiger charge is -2.53. The molecule has 5 heteroatoms. The Labute approximate surface area is 132 Å². The van der Waals surface area contributed by atoms with Crippen molar-refractivity contribution in [3.8, 4) is 0 Å². The molecule has 4 atom stereocenters. The van der Waals surface area contributed by atoms with Crippen LogP contribution in [0.3, 0.4) is 0 Å². The third kappa shape index (κ3) is 2.01. The molecular weight excluding hydrogens is 278 g/mol. The molecule has 0 amide bonds. The van der Waals surface area contributed by atoms with Crippen molar-refractivity contribution >= 4 is 5.96 Å². The van der Waals surface area contributed by atoms with E-state index < -0.39 is 0 Å². The van der Waals surface area contributed by atoms with Crippen molar-refractivity contribution in [2.45, 2.75) is 87.7 Å². The highest BCUT2D eigenvalue weighted by Crippen LogP contribution is 2.45. The highest BCUT2D eigenvalue weighted by Gasteiger charge is 2.53. The van der Waals surface area contributed by atoms with Crippen LogP contribution in [0, 0.1) is 0 Å². The topological polar surface area (TPSA) is 46.1 Å². The maximum absolute atomic E-state index is 6.22. The number of nitrogens with one attached hydrogen (secondary N) is 1. The largest absolute Gasteiger partial charge is 0.356 e. The number of nitrogens with zero attached hydrogens (tertiary/aromatic N) is 2. The lowest BCUT2D eigenvalue weighted by Crippen LogP contribution is -2.68. The summed E-state index contributed by atoms with van der Waals surface area (Å²) in [6.45, 7) is 1.76. The van der Waals surface area contributed by atoms with Crippen LogP contribution in [-0.2, 0) is 9.47 Å². The predicted octanol–water partition coefficient (Wildman–Crippen LogP) is 2.37. The molecule has 5 nitrogen and oxygen atoms in total. The zero-order valence-corrected chi connectivity index (χ0v) is 13.4. The number of hydrogen-bond donors (Lipinski definition) is 1. The summed E-state index contributed by atoms with van der Waals surface area (Å²) in [5.41, 5.74) is -0.399. The Kier molecular flexibility index (Phi) is 3.00. The molecule has 0 bridgehead atoms. The van der Waals surface area contributed by atoms with Crippen LogP contribution in [0.15, 0.2) is 4.99 Å². The van der Waals surface area contributed by atoms with Crippen LogP contribution in [-0.4, -0.2) is 47.6 Å². The Morgan fingerprint density at radius 2 is 1.73 bits per heavy atom. The van der Waals surface area contributed by atoms with Gasteiger partial charge in [-0.05, 0) is 51.4 Å². The molecule has 0 aromatic rings. The number of aliphatic imine (C=N–C) groups is 1. The van der Waals surface area contributed by atoms with Crippen molar-refractivity contribution in [2.24, 2.45) is 4.99 Å². The van der Waals surface area contributed by atoms with Gasteiger partial charge in [0.1, 0.15) is 5.72 Å². The van der Waals surface area contributed by atoms with Gasteiger partial charge in [0.2, 0.25) is 0 Å². The summed E-state index contributed by atoms with van der Waals surface area (Å²) in [7, 11) is 0. The van der Waals surface area contributed by atoms with E-state index in [1.54, 1.807) is 0 Å². The standard InChI is InChI=1S/C17H27N3O2/c1-3-9-21-16(7-1)11-13-5-6-14-12-17(8-2-4-10-22-17)19-15(18-16)20(13)14/h13-14H,1-12H2,(H,18,19)/t13-,14-,16-,17-/m0/s1. The van der Waals surface area contributed by atoms with E-state index >= 15 is 0 Å². The number of rotatable bonds is 0. The van der Waals surface area contributed by atoms with Gasteiger partial charge in [0.25, 0.3) is 0 Å². The first kappa shape index (κ1) is 13.6. The van der Waals surface area contributed by atoms with Gasteiger partial charge in [-0.15, -0.1) is 0 Å². The summed E-state index contributed by atoms with van der Waals surface area (Å²) in [6, 6.07) is 1.23. The third-order valence-corrected chi connectivity index (χ3v) is 6.32. The van der Waals surface area contributed by atoms with Gasteiger partial charge in [-0.2, -0.15) is 0 Å². The van der Waals surface area contributed by atoms with E-state index in [2.05, 4.69) is 10.2 Å². The van der Waals surface area contributed by atoms with Gasteiger partial charge in [0.05, 0.1) is 0 Å². The molecular formula is C17H27N3O2. The van der Waals surface area contributed by atoms with Gasteiger partial charge < -0.3 is 19.7 Å². The van der Waals surface area contributed by atoms with Gasteiger partial charge in [-0.25, -0.2) is 4.99 Å². The van der Waals surface area contributed by atoms with Crippen LogP contribution in [0.5, 0.6) is 0 Å². The molecule has 5 heterocycles. The maximum atomic E-state index is 6.22. The van der Waals surface area contributed by atoms with E-state index in [1.807, 2.05) is 0 Å². The molecule has 0 aromatic heterocycles. The van der Waals surface area contributed by atoms with E-state index in [-0.39, 0.29) is 11.4 Å². The summed E-state index contributed by atoms with van der Waals surface area (Å²) < 4.78 is 12.4. The molecule has 4 saturated heterocycles. The summed E-state index contributed by atoms with van der Waals surface area (Å²) in [4.78, 5) is 7.68. The summed E-state index contributed by atoms with van der Waals surface area (Å²) in [5, 5.41) is 3.72. The fraction of sp³-hybridized carbons (Fsp3) is 0.941. The van der Waals surface area contributed by atoms with Crippen LogP contribution in [0.4, 0.5) is 0 Å². The summed E-state index contributed by atoms with van der Waals surface area (Å²) in [5.74, 6) is 1.08. The van der Waals surface area contributed by atoms with Crippen LogP contribution >= 0.6 is 0 Å². The lowest BCUT2D eigenvalue weighted by atomic mass is 9.91. The molecule has 1 N–H and O–H groups in total. The normalized spacial score (nSPS) is 47.3. The third-order valence-electron chi connectivity index (χ3n) is 6.32. The van der Waals surface area contributed by atoms with Gasteiger partial charge in [-0.1, -0.05) is 0 Å². The zero-order valence-electron chi connectivity index (χ0n) is 13.4. The van der Waals surface area contributed by atoms with Crippen molar-refractivity contribution in [1.82, 2.24) is 10.2 Å². The monoisotopic (exact) mass is 305 g/mol. The van der Waals surface area contributed by atoms with Gasteiger partial charge >= 0.3 is 0 Å². The number of guanidine groups is 1. The molecule has 22 heavy (non-hydrogen) atoms. The Bertz CT molecular complexity index is 480. The van der Waals surface area contributed by atoms with Crippen molar-refractivity contribution in [1.29, 1.82) is 0 Å². The SMILES string of the molecule is C1CC[C@@]2(C[C@@H]3CC[C@H]4C[C@@]5(CCCCO5)NC(=N2)N34)OC1. The minimum absolute atomic E-state index is 0.152. The van der Waals surface area contributed by atoms with E-state index in [4.69, 9.17) is 14.5 Å². The van der Waals surface area contributed by atoms with E-state index in [9.17, 15) is 0 Å². The molecule has 5 aliphatic heterocycles. The lowest BCUT2D eigenvalue weighted by molar-refractivity contribution is -0.128. The molecule has 5 aliphatic rings. The average molecular weight is 305 g/mol. The van der Waals surface area contributed by atoms with Crippen molar-refractivity contribution in [2.75, 3.05) is 13.2 Å². The van der Waals surface area contributed by atoms with Crippen LogP contribution in [0.2, 0.25) is 0 Å². The first-order chi connectivity index (χ1) is 10.8. The molecule has 0 radical (unpaired) electrons. The number of ether oxygens (including phenoxy) is 2. The van der Waals surface area contributed by atoms with Crippen LogP contribution in [0.25, 0.3) is 0 Å². The second kappa shape index (κ2) is 4.84. The van der Waals surface area contributed by atoms with E-state index in [1.165, 1.54) is 38.5 Å². The highest BCUT2D eigenvalue weighted by molar-refractivity contribution is 5.83. The van der Waals surface area contributed by atoms with Crippen molar-refractivity contribution in [3.63, 3.8) is 0 Å². The molecule has 0 unspecified atom stereocenters. The number of hydrogen-bond acceptors (Lipinski definition) is 5. The highest BCUT2D eigenvalue weighted by atomic mass is 16.5. The Balaban J connectivity index is 1.49. The Morgan fingerprint density at radius 1 is 0.955 bits per heavy atom. The molecule has 0 aromatic carbocycles. The zero-order chi connectivity index (χ0) is 14.6. The fourth-order valence-corrected chi connectivity index (χ4v) is 5.30. The van der Waals surface area contributed by atoms with Gasteiger partial charge in [0.15, 0.2) is 11.7 Å². The predicted molar refractivity (Wildman–Crippen MR) is 83.5 cm³/mol. The first-order valence-electron chi connectivity index (χ1n) is 9.22. The van der Waals surface area contributed by atoms with Gasteiger partial charge in [0, 0.05) is 38.1 Å². The van der Waals surface area contributed by atoms with Crippen LogP contribution < -0.4 is 5.32 Å². The Morgan fingerprint density at radius 3 is 2.45 bits per heavy atom. The molecule has 4 fully saturated rings. The van der Waals surface area contributed by atoms with Gasteiger partial charge in [-0.3, -0.25) is 0 Å². The smallest absolute Gasteiger partial charge is 0.199 e. The quantitative estimate of drug-likeness (QED) is 0.746. The molecule has 2 spiro atoms. The minimum Gasteiger partial charge on any atom is -0.356 e. The Hall–Kier alpha value is -0.810. The second-order valence-corrected chi connectivity index (χ2v) is 7.81. The summed E-state index contributed by atoms with van der Waals surface area (Å²) >= 11 is 0. The van der Waals surface area contributed by atoms with Crippen molar-refractivity contribution in [3.05, 3.63) is 0 Å². The van der Waals surface area contributed by atoms with Crippen LogP contribution in [0.1, 0.15) is 64.2 Å². The second-order valence-electron chi connectivity index (χ2n) is 7.81. The molecule has 122 valence electrons.